The van der Waals surface area contributed by atoms with E-state index in [9.17, 15) is 9.59 Å². The predicted octanol–water partition coefficient (Wildman–Crippen LogP) is 2.98. The quantitative estimate of drug-likeness (QED) is 0.742. The number of hydrogen-bond donors (Lipinski definition) is 2. The Morgan fingerprint density at radius 3 is 2.78 bits per heavy atom. The van der Waals surface area contributed by atoms with Gasteiger partial charge in [0.2, 0.25) is 5.91 Å². The molecule has 0 aliphatic carbocycles. The number of aromatic nitrogens is 2. The number of likely N-dealkylation sites (tertiary alicyclic amines) is 1. The van der Waals surface area contributed by atoms with Crippen LogP contribution < -0.4 is 11.1 Å². The van der Waals surface area contributed by atoms with Crippen molar-refractivity contribution in [3.05, 3.63) is 39.4 Å². The van der Waals surface area contributed by atoms with E-state index in [1.807, 2.05) is 0 Å². The maximum atomic E-state index is 12.6. The van der Waals surface area contributed by atoms with Crippen molar-refractivity contribution in [2.75, 3.05) is 18.4 Å². The molecular formula is C16H20Cl3N5O2S. The molecule has 148 valence electrons. The van der Waals surface area contributed by atoms with Gasteiger partial charge in [0.1, 0.15) is 16.5 Å². The van der Waals surface area contributed by atoms with Crippen LogP contribution in [0.1, 0.15) is 28.3 Å². The lowest BCUT2D eigenvalue weighted by atomic mass is 9.97. The fourth-order valence-electron chi connectivity index (χ4n) is 2.72. The van der Waals surface area contributed by atoms with E-state index < -0.39 is 0 Å². The van der Waals surface area contributed by atoms with Crippen LogP contribution in [-0.4, -0.2) is 39.8 Å². The van der Waals surface area contributed by atoms with Crippen LogP contribution in [0.2, 0.25) is 5.02 Å². The number of halogens is 3. The van der Waals surface area contributed by atoms with Crippen molar-refractivity contribution in [3.8, 4) is 0 Å². The van der Waals surface area contributed by atoms with Gasteiger partial charge in [-0.2, -0.15) is 0 Å². The first kappa shape index (κ1) is 23.6. The number of piperidine rings is 1. The number of carbonyl (C=O) groups is 2. The van der Waals surface area contributed by atoms with Gasteiger partial charge in [-0.15, -0.1) is 36.2 Å². The molecule has 0 aromatic carbocycles. The standard InChI is InChI=1S/C16H18ClN5O2S.2ClH/c17-11-3-4-13(19-7-11)21-15(23)10-2-1-5-22(8-10)16(24)12-9-25-14(6-18)20-12;;/h3-4,7,9-10H,1-2,5-6,8,18H2,(H,19,21,23);2*1H. The molecule has 7 nitrogen and oxygen atoms in total. The maximum Gasteiger partial charge on any atom is 0.273 e. The second kappa shape index (κ2) is 10.8. The van der Waals surface area contributed by atoms with Gasteiger partial charge in [-0.05, 0) is 25.0 Å². The number of anilines is 1. The summed E-state index contributed by atoms with van der Waals surface area (Å²) < 4.78 is 0. The SMILES string of the molecule is Cl.Cl.NCc1nc(C(=O)N2CCCC(C(=O)Nc3ccc(Cl)cn3)C2)cs1. The van der Waals surface area contributed by atoms with Crippen LogP contribution in [0.25, 0.3) is 0 Å². The average Bonchev–Trinajstić information content (AvgIpc) is 3.12. The van der Waals surface area contributed by atoms with Crippen LogP contribution in [0, 0.1) is 5.92 Å². The minimum atomic E-state index is -0.275. The summed E-state index contributed by atoms with van der Waals surface area (Å²) in [4.78, 5) is 35.0. The zero-order chi connectivity index (χ0) is 17.8. The number of nitrogens with zero attached hydrogens (tertiary/aromatic N) is 3. The molecular weight excluding hydrogens is 433 g/mol. The molecule has 11 heteroatoms. The first-order valence-corrected chi connectivity index (χ1v) is 9.18. The fourth-order valence-corrected chi connectivity index (χ4v) is 3.48. The van der Waals surface area contributed by atoms with E-state index in [0.29, 0.717) is 36.2 Å². The number of amides is 2. The van der Waals surface area contributed by atoms with Gasteiger partial charge in [0.15, 0.2) is 0 Å². The molecule has 0 bridgehead atoms. The van der Waals surface area contributed by atoms with Gasteiger partial charge in [0.05, 0.1) is 10.9 Å². The van der Waals surface area contributed by atoms with E-state index in [-0.39, 0.29) is 42.5 Å². The highest BCUT2D eigenvalue weighted by atomic mass is 35.5. The molecule has 1 unspecified atom stereocenters. The zero-order valence-corrected chi connectivity index (χ0v) is 17.5. The number of thiazole rings is 1. The first-order chi connectivity index (χ1) is 12.1. The van der Waals surface area contributed by atoms with E-state index in [4.69, 9.17) is 17.3 Å². The van der Waals surface area contributed by atoms with E-state index in [2.05, 4.69) is 15.3 Å². The van der Waals surface area contributed by atoms with Gasteiger partial charge in [0, 0.05) is 31.2 Å². The molecule has 1 aliphatic rings. The molecule has 2 aromatic heterocycles. The molecule has 1 saturated heterocycles. The summed E-state index contributed by atoms with van der Waals surface area (Å²) >= 11 is 7.16. The van der Waals surface area contributed by atoms with Crippen molar-refractivity contribution in [2.45, 2.75) is 19.4 Å². The van der Waals surface area contributed by atoms with Gasteiger partial charge in [0.25, 0.3) is 5.91 Å². The fraction of sp³-hybridized carbons (Fsp3) is 0.375. The van der Waals surface area contributed by atoms with Crippen LogP contribution in [0.4, 0.5) is 5.82 Å². The van der Waals surface area contributed by atoms with Crippen LogP contribution in [0.5, 0.6) is 0 Å². The molecule has 3 N–H and O–H groups in total. The molecule has 3 heterocycles. The van der Waals surface area contributed by atoms with Gasteiger partial charge in [-0.1, -0.05) is 11.6 Å². The Morgan fingerprint density at radius 1 is 1.37 bits per heavy atom. The molecule has 0 saturated carbocycles. The summed E-state index contributed by atoms with van der Waals surface area (Å²) in [5, 5.41) is 5.72. The van der Waals surface area contributed by atoms with E-state index in [0.717, 1.165) is 17.8 Å². The Bertz CT molecular complexity index is 772. The first-order valence-electron chi connectivity index (χ1n) is 7.93. The Balaban J connectivity index is 0.00000182. The molecule has 27 heavy (non-hydrogen) atoms. The highest BCUT2D eigenvalue weighted by molar-refractivity contribution is 7.09. The normalized spacial score (nSPS) is 16.1. The molecule has 2 amide bonds. The van der Waals surface area contributed by atoms with Crippen molar-refractivity contribution in [1.29, 1.82) is 0 Å². The van der Waals surface area contributed by atoms with Crippen LogP contribution >= 0.6 is 47.8 Å². The van der Waals surface area contributed by atoms with Gasteiger partial charge >= 0.3 is 0 Å². The maximum absolute atomic E-state index is 12.6. The average molecular weight is 453 g/mol. The molecule has 0 spiro atoms. The summed E-state index contributed by atoms with van der Waals surface area (Å²) in [5.74, 6) is -0.126. The Morgan fingerprint density at radius 2 is 2.15 bits per heavy atom. The van der Waals surface area contributed by atoms with Crippen molar-refractivity contribution < 1.29 is 9.59 Å². The predicted molar refractivity (Wildman–Crippen MR) is 111 cm³/mol. The minimum Gasteiger partial charge on any atom is -0.336 e. The smallest absolute Gasteiger partial charge is 0.273 e. The topological polar surface area (TPSA) is 101 Å². The van der Waals surface area contributed by atoms with E-state index in [1.165, 1.54) is 17.5 Å². The molecule has 1 atom stereocenters. The summed E-state index contributed by atoms with van der Waals surface area (Å²) in [6.45, 7) is 1.31. The zero-order valence-electron chi connectivity index (χ0n) is 14.3. The van der Waals surface area contributed by atoms with Crippen LogP contribution in [-0.2, 0) is 11.3 Å². The molecule has 3 rings (SSSR count). The summed E-state index contributed by atoms with van der Waals surface area (Å²) in [6.07, 6.45) is 2.98. The van der Waals surface area contributed by atoms with Crippen LogP contribution in [0.15, 0.2) is 23.7 Å². The van der Waals surface area contributed by atoms with E-state index in [1.54, 1.807) is 22.4 Å². The number of carbonyl (C=O) groups excluding carboxylic acids is 2. The summed E-state index contributed by atoms with van der Waals surface area (Å²) in [6, 6.07) is 3.31. The van der Waals surface area contributed by atoms with Crippen molar-refractivity contribution in [1.82, 2.24) is 14.9 Å². The van der Waals surface area contributed by atoms with Crippen molar-refractivity contribution in [3.63, 3.8) is 0 Å². The third kappa shape index (κ3) is 6.02. The summed E-state index contributed by atoms with van der Waals surface area (Å²) in [7, 11) is 0. The van der Waals surface area contributed by atoms with Gasteiger partial charge in [-0.3, -0.25) is 9.59 Å². The second-order valence-electron chi connectivity index (χ2n) is 5.77. The van der Waals surface area contributed by atoms with Gasteiger partial charge < -0.3 is 16.0 Å². The number of pyridine rings is 1. The lowest BCUT2D eigenvalue weighted by Crippen LogP contribution is -2.44. The van der Waals surface area contributed by atoms with Crippen molar-refractivity contribution in [2.24, 2.45) is 11.7 Å². The number of nitrogens with one attached hydrogen (secondary N) is 1. The minimum absolute atomic E-state index is 0. The molecule has 2 aromatic rings. The number of hydrogen-bond acceptors (Lipinski definition) is 6. The van der Waals surface area contributed by atoms with Crippen LogP contribution in [0.3, 0.4) is 0 Å². The highest BCUT2D eigenvalue weighted by Crippen LogP contribution is 2.21. The van der Waals surface area contributed by atoms with Gasteiger partial charge in [-0.25, -0.2) is 9.97 Å². The lowest BCUT2D eigenvalue weighted by molar-refractivity contribution is -0.121. The number of nitrogens with two attached hydrogens (primary N) is 1. The third-order valence-electron chi connectivity index (χ3n) is 4.00. The van der Waals surface area contributed by atoms with Crippen molar-refractivity contribution >= 4 is 65.4 Å². The molecule has 1 fully saturated rings. The van der Waals surface area contributed by atoms with E-state index >= 15 is 0 Å². The molecule has 0 radical (unpaired) electrons. The monoisotopic (exact) mass is 451 g/mol. The Labute approximate surface area is 178 Å². The third-order valence-corrected chi connectivity index (χ3v) is 5.10. The molecule has 1 aliphatic heterocycles. The number of rotatable bonds is 4. The Hall–Kier alpha value is -1.45. The highest BCUT2D eigenvalue weighted by Gasteiger charge is 2.30. The lowest BCUT2D eigenvalue weighted by Gasteiger charge is -2.31. The summed E-state index contributed by atoms with van der Waals surface area (Å²) in [5.41, 5.74) is 5.94. The second-order valence-corrected chi connectivity index (χ2v) is 7.15. The Kier molecular flexibility index (Phi) is 9.41. The largest absolute Gasteiger partial charge is 0.336 e.